The summed E-state index contributed by atoms with van der Waals surface area (Å²) in [5.74, 6) is 0.568. The molecule has 0 unspecified atom stereocenters. The van der Waals surface area contributed by atoms with Gasteiger partial charge in [0.05, 0.1) is 5.69 Å². The van der Waals surface area contributed by atoms with Crippen LogP contribution in [0.3, 0.4) is 0 Å². The predicted octanol–water partition coefficient (Wildman–Crippen LogP) is 2.90. The summed E-state index contributed by atoms with van der Waals surface area (Å²) in [6.45, 7) is 9.68. The molecular formula is C20H20ClN5O2. The lowest BCUT2D eigenvalue weighted by atomic mass is 10.2. The van der Waals surface area contributed by atoms with Crippen molar-refractivity contribution in [3.05, 3.63) is 73.7 Å². The van der Waals surface area contributed by atoms with Gasteiger partial charge >= 0.3 is 5.69 Å². The van der Waals surface area contributed by atoms with E-state index in [-0.39, 0.29) is 12.1 Å². The first-order valence-electron chi connectivity index (χ1n) is 8.85. The lowest BCUT2D eigenvalue weighted by Gasteiger charge is -2.10. The van der Waals surface area contributed by atoms with Crippen LogP contribution in [0.1, 0.15) is 17.0 Å². The molecule has 0 atom stereocenters. The van der Waals surface area contributed by atoms with Crippen molar-refractivity contribution in [2.75, 3.05) is 0 Å². The van der Waals surface area contributed by atoms with Crippen LogP contribution in [0.4, 0.5) is 0 Å². The molecule has 0 fully saturated rings. The molecule has 0 saturated heterocycles. The second-order valence-electron chi connectivity index (χ2n) is 6.90. The molecule has 0 bridgehead atoms. The van der Waals surface area contributed by atoms with Gasteiger partial charge in [0.15, 0.2) is 11.2 Å². The highest BCUT2D eigenvalue weighted by Gasteiger charge is 2.23. The van der Waals surface area contributed by atoms with Gasteiger partial charge in [-0.2, -0.15) is 4.98 Å². The number of fused-ring (bicyclic) bond motifs is 3. The average molecular weight is 398 g/mol. The van der Waals surface area contributed by atoms with Crippen molar-refractivity contribution in [3.8, 4) is 5.69 Å². The number of aryl methyl sites for hydroxylation is 3. The maximum atomic E-state index is 13.1. The maximum Gasteiger partial charge on any atom is 0.332 e. The number of halogens is 1. The monoisotopic (exact) mass is 397 g/mol. The van der Waals surface area contributed by atoms with E-state index in [0.29, 0.717) is 22.0 Å². The summed E-state index contributed by atoms with van der Waals surface area (Å²) in [4.78, 5) is 30.4. The van der Waals surface area contributed by atoms with Crippen LogP contribution in [0.2, 0.25) is 5.02 Å². The van der Waals surface area contributed by atoms with Gasteiger partial charge in [0.1, 0.15) is 0 Å². The molecule has 0 aliphatic carbocycles. The molecule has 4 rings (SSSR count). The van der Waals surface area contributed by atoms with E-state index in [0.717, 1.165) is 22.6 Å². The Morgan fingerprint density at radius 3 is 2.57 bits per heavy atom. The van der Waals surface area contributed by atoms with Crippen molar-refractivity contribution in [2.45, 2.75) is 27.3 Å². The molecule has 0 amide bonds. The standard InChI is InChI=1S/C20H20ClN5O2/c1-6-9-24-18(27)16-17(23(5)20(24)28)22-19-25(12(3)13(4)26(16)19)15-10-14(21)8-7-11(15)2/h6-8,10H,1,9H2,2-5H3. The number of benzene rings is 1. The van der Waals surface area contributed by atoms with Gasteiger partial charge in [-0.3, -0.25) is 22.9 Å². The highest BCUT2D eigenvalue weighted by atomic mass is 35.5. The van der Waals surface area contributed by atoms with E-state index >= 15 is 0 Å². The van der Waals surface area contributed by atoms with E-state index in [4.69, 9.17) is 11.6 Å². The van der Waals surface area contributed by atoms with Crippen molar-refractivity contribution in [1.82, 2.24) is 23.1 Å². The quantitative estimate of drug-likeness (QED) is 0.499. The van der Waals surface area contributed by atoms with E-state index in [1.165, 1.54) is 15.2 Å². The van der Waals surface area contributed by atoms with Crippen LogP contribution in [0.15, 0.2) is 40.4 Å². The smallest absolute Gasteiger partial charge is 0.282 e. The largest absolute Gasteiger partial charge is 0.332 e. The third-order valence-corrected chi connectivity index (χ3v) is 5.48. The van der Waals surface area contributed by atoms with Crippen LogP contribution >= 0.6 is 11.6 Å². The molecule has 3 aromatic heterocycles. The van der Waals surface area contributed by atoms with Crippen LogP contribution in [0.25, 0.3) is 22.6 Å². The van der Waals surface area contributed by atoms with E-state index in [1.54, 1.807) is 7.05 Å². The molecule has 8 heteroatoms. The molecular weight excluding hydrogens is 378 g/mol. The Labute approximate surface area is 165 Å². The second kappa shape index (κ2) is 6.24. The van der Waals surface area contributed by atoms with Crippen molar-refractivity contribution < 1.29 is 0 Å². The highest BCUT2D eigenvalue weighted by Crippen LogP contribution is 2.27. The van der Waals surface area contributed by atoms with Gasteiger partial charge in [0.25, 0.3) is 5.56 Å². The van der Waals surface area contributed by atoms with E-state index in [9.17, 15) is 9.59 Å². The van der Waals surface area contributed by atoms with Gasteiger partial charge in [-0.05, 0) is 38.5 Å². The number of imidazole rings is 2. The number of rotatable bonds is 3. The molecule has 1 aromatic carbocycles. The van der Waals surface area contributed by atoms with E-state index in [1.807, 2.05) is 47.9 Å². The molecule has 0 aliphatic heterocycles. The molecule has 3 heterocycles. The zero-order chi connectivity index (χ0) is 20.3. The van der Waals surface area contributed by atoms with Gasteiger partial charge in [-0.25, -0.2) is 4.79 Å². The fourth-order valence-electron chi connectivity index (χ4n) is 3.65. The van der Waals surface area contributed by atoms with Crippen molar-refractivity contribution in [2.24, 2.45) is 7.05 Å². The van der Waals surface area contributed by atoms with Crippen LogP contribution in [0.5, 0.6) is 0 Å². The number of allylic oxidation sites excluding steroid dienone is 1. The minimum atomic E-state index is -0.419. The summed E-state index contributed by atoms with van der Waals surface area (Å²) in [7, 11) is 1.62. The van der Waals surface area contributed by atoms with Gasteiger partial charge in [0.2, 0.25) is 5.78 Å². The zero-order valence-corrected chi connectivity index (χ0v) is 16.9. The topological polar surface area (TPSA) is 66.2 Å². The molecule has 0 radical (unpaired) electrons. The zero-order valence-electron chi connectivity index (χ0n) is 16.2. The summed E-state index contributed by atoms with van der Waals surface area (Å²) in [5.41, 5.74) is 3.65. The number of hydrogen-bond donors (Lipinski definition) is 0. The van der Waals surface area contributed by atoms with Crippen molar-refractivity contribution in [3.63, 3.8) is 0 Å². The Balaban J connectivity index is 2.24. The van der Waals surface area contributed by atoms with Crippen molar-refractivity contribution >= 4 is 28.5 Å². The Morgan fingerprint density at radius 2 is 1.89 bits per heavy atom. The van der Waals surface area contributed by atoms with Gasteiger partial charge in [-0.15, -0.1) is 6.58 Å². The average Bonchev–Trinajstić information content (AvgIpc) is 3.15. The number of nitrogens with zero attached hydrogens (tertiary/aromatic N) is 5. The first-order valence-corrected chi connectivity index (χ1v) is 9.23. The normalized spacial score (nSPS) is 11.6. The molecule has 28 heavy (non-hydrogen) atoms. The summed E-state index contributed by atoms with van der Waals surface area (Å²) in [5, 5.41) is 0.612. The van der Waals surface area contributed by atoms with Crippen LogP contribution < -0.4 is 11.2 Å². The lowest BCUT2D eigenvalue weighted by molar-refractivity contribution is 0.667. The number of hydrogen-bond acceptors (Lipinski definition) is 3. The van der Waals surface area contributed by atoms with Gasteiger partial charge < -0.3 is 0 Å². The molecule has 0 spiro atoms. The second-order valence-corrected chi connectivity index (χ2v) is 7.34. The highest BCUT2D eigenvalue weighted by molar-refractivity contribution is 6.30. The maximum absolute atomic E-state index is 13.1. The minimum Gasteiger partial charge on any atom is -0.282 e. The molecule has 144 valence electrons. The molecule has 0 saturated carbocycles. The van der Waals surface area contributed by atoms with E-state index in [2.05, 4.69) is 11.6 Å². The summed E-state index contributed by atoms with van der Waals surface area (Å²) in [6.07, 6.45) is 1.53. The van der Waals surface area contributed by atoms with Gasteiger partial charge in [0, 0.05) is 30.0 Å². The van der Waals surface area contributed by atoms with Crippen molar-refractivity contribution in [1.29, 1.82) is 0 Å². The lowest BCUT2D eigenvalue weighted by Crippen LogP contribution is -2.39. The molecule has 0 N–H and O–H groups in total. The van der Waals surface area contributed by atoms with E-state index < -0.39 is 5.69 Å². The minimum absolute atomic E-state index is 0.140. The fraction of sp³-hybridized carbons (Fsp3) is 0.250. The van der Waals surface area contributed by atoms with Crippen LogP contribution in [-0.2, 0) is 13.6 Å². The Kier molecular flexibility index (Phi) is 4.08. The SMILES string of the molecule is C=CCn1c(=O)c2c(nc3n(-c4cc(Cl)ccc4C)c(C)c(C)n23)n(C)c1=O. The van der Waals surface area contributed by atoms with Gasteiger partial charge in [-0.1, -0.05) is 23.7 Å². The third kappa shape index (κ3) is 2.32. The molecule has 4 aromatic rings. The summed E-state index contributed by atoms with van der Waals surface area (Å²) in [6, 6.07) is 5.65. The molecule has 0 aliphatic rings. The Morgan fingerprint density at radius 1 is 1.18 bits per heavy atom. The predicted molar refractivity (Wildman–Crippen MR) is 111 cm³/mol. The fourth-order valence-corrected chi connectivity index (χ4v) is 3.82. The summed E-state index contributed by atoms with van der Waals surface area (Å²) >= 11 is 6.23. The number of aromatic nitrogens is 5. The first kappa shape index (κ1) is 18.3. The Hall–Kier alpha value is -3.06. The van der Waals surface area contributed by atoms with Crippen LogP contribution in [0, 0.1) is 20.8 Å². The summed E-state index contributed by atoms with van der Waals surface area (Å²) < 4.78 is 6.35. The third-order valence-electron chi connectivity index (χ3n) is 5.24. The Bertz CT molecular complexity index is 1400. The first-order chi connectivity index (χ1) is 13.3. The van der Waals surface area contributed by atoms with Crippen LogP contribution in [-0.4, -0.2) is 23.1 Å². The molecule has 7 nitrogen and oxygen atoms in total.